The fraction of sp³-hybridized carbons (Fsp3) is 0.250. The number of hydrogen-bond donors (Lipinski definition) is 0. The first-order valence-corrected chi connectivity index (χ1v) is 9.32. The van der Waals surface area contributed by atoms with Gasteiger partial charge in [0.25, 0.3) is 0 Å². The van der Waals surface area contributed by atoms with Crippen LogP contribution in [0, 0.1) is 0 Å². The first-order valence-electron chi connectivity index (χ1n) is 3.63. The molecule has 0 heterocycles. The smallest absolute Gasteiger partial charge is 0.307 e. The van der Waals surface area contributed by atoms with Crippen molar-refractivity contribution >= 4 is 47.0 Å². The topological polar surface area (TPSA) is 0 Å². The predicted molar refractivity (Wildman–Crippen MR) is 57.3 cm³/mol. The Morgan fingerprint density at radius 2 is 2.18 bits per heavy atom. The molecule has 0 aliphatic rings. The van der Waals surface area contributed by atoms with E-state index >= 15 is 0 Å². The summed E-state index contributed by atoms with van der Waals surface area (Å²) < 4.78 is 2.53. The Morgan fingerprint density at radius 3 is 2.82 bits per heavy atom. The molecular formula is C8H8Br2Mg. The molecule has 1 rings (SSSR count). The molecule has 0 amide bonds. The molecule has 0 aromatic heterocycles. The van der Waals surface area contributed by atoms with E-state index in [9.17, 15) is 0 Å². The number of rotatable bonds is 3. The van der Waals surface area contributed by atoms with Crippen LogP contribution in [0.3, 0.4) is 0 Å². The lowest BCUT2D eigenvalue weighted by Crippen LogP contribution is -1.85. The molecule has 0 aliphatic carbocycles. The average molecular weight is 288 g/mol. The highest BCUT2D eigenvalue weighted by molar-refractivity contribution is 9.23. The Labute approximate surface area is 91.5 Å². The zero-order valence-electron chi connectivity index (χ0n) is 6.19. The van der Waals surface area contributed by atoms with Crippen molar-refractivity contribution in [2.45, 2.75) is 11.0 Å². The van der Waals surface area contributed by atoms with Crippen LogP contribution in [0.4, 0.5) is 0 Å². The zero-order valence-corrected chi connectivity index (χ0v) is 10.8. The van der Waals surface area contributed by atoms with Gasteiger partial charge in [0.2, 0.25) is 0 Å². The molecule has 3 heteroatoms. The summed E-state index contributed by atoms with van der Waals surface area (Å²) in [6.45, 7) is 0. The monoisotopic (exact) mass is 286 g/mol. The van der Waals surface area contributed by atoms with Crippen LogP contribution in [0.2, 0.25) is 4.55 Å². The van der Waals surface area contributed by atoms with Crippen LogP contribution in [-0.4, -0.2) is 18.2 Å². The second-order valence-electron chi connectivity index (χ2n) is 2.42. The van der Waals surface area contributed by atoms with Gasteiger partial charge in [-0.1, -0.05) is 28.1 Å². The Morgan fingerprint density at radius 1 is 1.36 bits per heavy atom. The van der Waals surface area contributed by atoms with Crippen LogP contribution in [-0.2, 0) is 6.42 Å². The third-order valence-electron chi connectivity index (χ3n) is 1.49. The normalized spacial score (nSPS) is 9.27. The van der Waals surface area contributed by atoms with Crippen LogP contribution in [0.5, 0.6) is 0 Å². The molecule has 0 unspecified atom stereocenters. The SMILES string of the molecule is [Br][Mg][CH2]Cc1cccc(Br)c1. The maximum absolute atomic E-state index is 3.55. The van der Waals surface area contributed by atoms with Crippen molar-refractivity contribution in [2.24, 2.45) is 0 Å². The van der Waals surface area contributed by atoms with Crippen molar-refractivity contribution in [3.05, 3.63) is 34.3 Å². The first kappa shape index (κ1) is 10.0. The van der Waals surface area contributed by atoms with E-state index in [4.69, 9.17) is 0 Å². The third kappa shape index (κ3) is 3.92. The summed E-state index contributed by atoms with van der Waals surface area (Å²) in [4.78, 5) is 0. The van der Waals surface area contributed by atoms with Crippen LogP contribution in [0.1, 0.15) is 5.56 Å². The molecule has 56 valence electrons. The minimum atomic E-state index is 0.0551. The molecule has 0 atom stereocenters. The number of aryl methyl sites for hydroxylation is 1. The summed E-state index contributed by atoms with van der Waals surface area (Å²) in [5.41, 5.74) is 1.44. The van der Waals surface area contributed by atoms with Crippen molar-refractivity contribution in [1.82, 2.24) is 0 Å². The molecule has 1 aromatic rings. The van der Waals surface area contributed by atoms with Gasteiger partial charge in [0, 0.05) is 4.47 Å². The van der Waals surface area contributed by atoms with Gasteiger partial charge in [0.05, 0.1) is 0 Å². The standard InChI is InChI=1S/C8H8Br.BrH.Mg/c1-2-7-4-3-5-8(9)6-7;;/h3-6H,1-2H2;1H;/q;;+1/p-1. The molecule has 0 saturated carbocycles. The summed E-state index contributed by atoms with van der Waals surface area (Å²) in [6.07, 6.45) is 1.22. The molecule has 11 heavy (non-hydrogen) atoms. The van der Waals surface area contributed by atoms with Gasteiger partial charge < -0.3 is 12.9 Å². The highest BCUT2D eigenvalue weighted by Gasteiger charge is 1.94. The summed E-state index contributed by atoms with van der Waals surface area (Å²) in [6, 6.07) is 8.53. The van der Waals surface area contributed by atoms with E-state index in [-0.39, 0.29) is 18.2 Å². The first-order chi connectivity index (χ1) is 5.33. The second-order valence-corrected chi connectivity index (χ2v) is 6.80. The summed E-state index contributed by atoms with van der Waals surface area (Å²) >= 11 is 7.06. The number of halogens is 2. The van der Waals surface area contributed by atoms with Crippen molar-refractivity contribution in [3.63, 3.8) is 0 Å². The van der Waals surface area contributed by atoms with Gasteiger partial charge in [-0.3, -0.25) is 0 Å². The molecule has 0 bridgehead atoms. The summed E-state index contributed by atoms with van der Waals surface area (Å²) in [7, 11) is 0. The minimum absolute atomic E-state index is 0.0551. The van der Waals surface area contributed by atoms with E-state index in [1.165, 1.54) is 21.0 Å². The van der Waals surface area contributed by atoms with Gasteiger partial charge in [-0.2, -0.15) is 0 Å². The lowest BCUT2D eigenvalue weighted by atomic mass is 10.2. The largest absolute Gasteiger partial charge is 0.468 e. The van der Waals surface area contributed by atoms with E-state index in [0.717, 1.165) is 0 Å². The van der Waals surface area contributed by atoms with E-state index in [2.05, 4.69) is 53.1 Å². The second kappa shape index (κ2) is 5.57. The molecule has 0 N–H and O–H groups in total. The van der Waals surface area contributed by atoms with E-state index in [1.807, 2.05) is 0 Å². The minimum Gasteiger partial charge on any atom is -0.307 e. The number of benzene rings is 1. The zero-order chi connectivity index (χ0) is 8.10. The van der Waals surface area contributed by atoms with Crippen LogP contribution in [0.15, 0.2) is 28.7 Å². The molecule has 0 spiro atoms. The van der Waals surface area contributed by atoms with Gasteiger partial charge in [-0.05, 0) is 24.1 Å². The van der Waals surface area contributed by atoms with Gasteiger partial charge >= 0.3 is 18.2 Å². The molecule has 0 fully saturated rings. The van der Waals surface area contributed by atoms with Gasteiger partial charge in [-0.15, -0.1) is 4.55 Å². The predicted octanol–water partition coefficient (Wildman–Crippen LogP) is 3.42. The lowest BCUT2D eigenvalue weighted by molar-refractivity contribution is 1.13. The van der Waals surface area contributed by atoms with Gasteiger partial charge in [0.15, 0.2) is 0 Å². The van der Waals surface area contributed by atoms with Crippen molar-refractivity contribution < 1.29 is 0 Å². The van der Waals surface area contributed by atoms with Crippen molar-refractivity contribution in [3.8, 4) is 0 Å². The molecule has 0 aliphatic heterocycles. The summed E-state index contributed by atoms with van der Waals surface area (Å²) in [5, 5.41) is 0. The van der Waals surface area contributed by atoms with Gasteiger partial charge in [-0.25, -0.2) is 0 Å². The highest BCUT2D eigenvalue weighted by Crippen LogP contribution is 2.13. The van der Waals surface area contributed by atoms with Crippen LogP contribution < -0.4 is 0 Å². The Balaban J connectivity index is 2.56. The van der Waals surface area contributed by atoms with Crippen molar-refractivity contribution in [2.75, 3.05) is 0 Å². The molecular weight excluding hydrogens is 280 g/mol. The molecule has 0 saturated heterocycles. The third-order valence-corrected chi connectivity index (χ3v) is 4.28. The summed E-state index contributed by atoms with van der Waals surface area (Å²) in [5.74, 6) is 0. The quantitative estimate of drug-likeness (QED) is 0.748. The highest BCUT2D eigenvalue weighted by atomic mass is 79.9. The Hall–Kier alpha value is 0.946. The average Bonchev–Trinajstić information content (AvgIpc) is 2.01. The van der Waals surface area contributed by atoms with E-state index in [1.54, 1.807) is 0 Å². The Bertz CT molecular complexity index is 225. The van der Waals surface area contributed by atoms with Gasteiger partial charge in [0.1, 0.15) is 0 Å². The van der Waals surface area contributed by atoms with E-state index < -0.39 is 0 Å². The van der Waals surface area contributed by atoms with Crippen LogP contribution >= 0.6 is 28.8 Å². The maximum Gasteiger partial charge on any atom is 0.468 e. The lowest BCUT2D eigenvalue weighted by Gasteiger charge is -1.98. The Kier molecular flexibility index (Phi) is 5.08. The fourth-order valence-electron chi connectivity index (χ4n) is 0.963. The maximum atomic E-state index is 3.55. The van der Waals surface area contributed by atoms with Crippen LogP contribution in [0.25, 0.3) is 0 Å². The molecule has 0 nitrogen and oxygen atoms in total. The number of hydrogen-bond acceptors (Lipinski definition) is 0. The molecule has 0 radical (unpaired) electrons. The van der Waals surface area contributed by atoms with Crippen molar-refractivity contribution in [1.29, 1.82) is 0 Å². The van der Waals surface area contributed by atoms with E-state index in [0.29, 0.717) is 0 Å². The molecule has 1 aromatic carbocycles. The fourth-order valence-corrected chi connectivity index (χ4v) is 2.79.